The van der Waals surface area contributed by atoms with Gasteiger partial charge in [0.25, 0.3) is 0 Å². The lowest BCUT2D eigenvalue weighted by Gasteiger charge is -2.28. The van der Waals surface area contributed by atoms with Gasteiger partial charge in [0.05, 0.1) is 0 Å². The maximum Gasteiger partial charge on any atom is 0.330 e. The molecule has 0 aromatic heterocycles. The lowest BCUT2D eigenvalue weighted by atomic mass is 9.78. The van der Waals surface area contributed by atoms with Gasteiger partial charge in [-0.1, -0.05) is 66.8 Å². The summed E-state index contributed by atoms with van der Waals surface area (Å²) in [5.74, 6) is -1.60. The van der Waals surface area contributed by atoms with Crippen molar-refractivity contribution in [3.8, 4) is 5.75 Å². The number of ether oxygens (including phenoxy) is 2. The molecule has 1 aromatic rings. The molecular weight excluding hydrogens is 396 g/mol. The Morgan fingerprint density at radius 3 is 1.87 bits per heavy atom. The Morgan fingerprint density at radius 1 is 0.968 bits per heavy atom. The molecule has 0 amide bonds. The van der Waals surface area contributed by atoms with Crippen LogP contribution in [0, 0.1) is 0 Å². The minimum absolute atomic E-state index is 0.0681. The number of aromatic hydroxyl groups is 1. The summed E-state index contributed by atoms with van der Waals surface area (Å²) in [4.78, 5) is 35.6. The lowest BCUT2D eigenvalue weighted by molar-refractivity contribution is -0.158. The van der Waals surface area contributed by atoms with Crippen molar-refractivity contribution in [3.63, 3.8) is 0 Å². The van der Waals surface area contributed by atoms with Gasteiger partial charge < -0.3 is 14.6 Å². The number of carbonyl (C=O) groups excluding carboxylic acids is 3. The van der Waals surface area contributed by atoms with E-state index in [2.05, 4.69) is 13.2 Å². The second-order valence-corrected chi connectivity index (χ2v) is 9.47. The summed E-state index contributed by atoms with van der Waals surface area (Å²) in [7, 11) is 0. The fourth-order valence-corrected chi connectivity index (χ4v) is 3.01. The Labute approximate surface area is 184 Å². The molecule has 1 aromatic carbocycles. The molecule has 0 bridgehead atoms. The van der Waals surface area contributed by atoms with E-state index in [0.717, 1.165) is 28.8 Å². The summed E-state index contributed by atoms with van der Waals surface area (Å²) in [5, 5.41) is 10.8. The quantitative estimate of drug-likeness (QED) is 0.464. The van der Waals surface area contributed by atoms with Crippen molar-refractivity contribution in [2.45, 2.75) is 71.3 Å². The molecule has 170 valence electrons. The first-order chi connectivity index (χ1) is 14.2. The van der Waals surface area contributed by atoms with Crippen molar-refractivity contribution in [2.75, 3.05) is 6.61 Å². The number of phenolic OH excluding ortho intramolecular Hbond substituents is 1. The van der Waals surface area contributed by atoms with Crippen LogP contribution in [0.1, 0.15) is 64.7 Å². The standard InChI is InChI=1S/C25H34O6/c1-9-21(27)30-15-20(31-22(28)10-2)19(26)12-11-16-13-17(24(3,4)5)23(29)18(14-16)25(6,7)8/h9-10,13-14,20,29H,1-2,11-12,15H2,3-8H3. The Morgan fingerprint density at radius 2 is 1.45 bits per heavy atom. The predicted octanol–water partition coefficient (Wildman–Crippen LogP) is 4.32. The van der Waals surface area contributed by atoms with E-state index in [4.69, 9.17) is 9.47 Å². The van der Waals surface area contributed by atoms with Gasteiger partial charge in [-0.2, -0.15) is 0 Å². The molecule has 0 aliphatic heterocycles. The van der Waals surface area contributed by atoms with E-state index in [1.165, 1.54) is 0 Å². The second-order valence-electron chi connectivity index (χ2n) is 9.47. The molecule has 31 heavy (non-hydrogen) atoms. The van der Waals surface area contributed by atoms with E-state index in [1.54, 1.807) is 0 Å². The minimum Gasteiger partial charge on any atom is -0.507 e. The molecule has 0 spiro atoms. The normalized spacial score (nSPS) is 12.6. The van der Waals surface area contributed by atoms with Crippen molar-refractivity contribution in [1.29, 1.82) is 0 Å². The number of hydrogen-bond donors (Lipinski definition) is 1. The number of rotatable bonds is 9. The van der Waals surface area contributed by atoms with Gasteiger partial charge in [0.1, 0.15) is 12.4 Å². The fourth-order valence-electron chi connectivity index (χ4n) is 3.01. The number of benzene rings is 1. The third kappa shape index (κ3) is 7.70. The topological polar surface area (TPSA) is 89.9 Å². The first-order valence-electron chi connectivity index (χ1n) is 10.2. The Balaban J connectivity index is 3.13. The molecule has 0 saturated heterocycles. The lowest BCUT2D eigenvalue weighted by Crippen LogP contribution is -2.32. The monoisotopic (exact) mass is 430 g/mol. The van der Waals surface area contributed by atoms with Crippen LogP contribution in [0.3, 0.4) is 0 Å². The van der Waals surface area contributed by atoms with Crippen LogP contribution < -0.4 is 0 Å². The summed E-state index contributed by atoms with van der Waals surface area (Å²) in [6.45, 7) is 18.3. The first-order valence-corrected chi connectivity index (χ1v) is 10.2. The van der Waals surface area contributed by atoms with E-state index in [9.17, 15) is 19.5 Å². The minimum atomic E-state index is -1.23. The van der Waals surface area contributed by atoms with Crippen LogP contribution in [-0.2, 0) is 41.1 Å². The van der Waals surface area contributed by atoms with E-state index in [0.29, 0.717) is 6.42 Å². The van der Waals surface area contributed by atoms with Crippen LogP contribution in [0.5, 0.6) is 5.75 Å². The van der Waals surface area contributed by atoms with Crippen molar-refractivity contribution < 1.29 is 29.0 Å². The highest BCUT2D eigenvalue weighted by Crippen LogP contribution is 2.40. The van der Waals surface area contributed by atoms with Crippen LogP contribution in [0.15, 0.2) is 37.4 Å². The fraction of sp³-hybridized carbons (Fsp3) is 0.480. The molecule has 1 unspecified atom stereocenters. The average molecular weight is 431 g/mol. The molecule has 1 rings (SSSR count). The average Bonchev–Trinajstić information content (AvgIpc) is 2.67. The third-order valence-electron chi connectivity index (χ3n) is 4.77. The van der Waals surface area contributed by atoms with Crippen LogP contribution in [0.2, 0.25) is 0 Å². The summed E-state index contributed by atoms with van der Waals surface area (Å²) in [6, 6.07) is 3.81. The number of aryl methyl sites for hydroxylation is 1. The van der Waals surface area contributed by atoms with E-state index < -0.39 is 18.0 Å². The van der Waals surface area contributed by atoms with Crippen molar-refractivity contribution in [1.82, 2.24) is 0 Å². The van der Waals surface area contributed by atoms with Gasteiger partial charge in [0.15, 0.2) is 11.9 Å². The SMILES string of the molecule is C=CC(=O)OCC(OC(=O)C=C)C(=O)CCc1cc(C(C)(C)C)c(O)c(C(C)(C)C)c1. The summed E-state index contributed by atoms with van der Waals surface area (Å²) < 4.78 is 9.95. The van der Waals surface area contributed by atoms with Gasteiger partial charge in [-0.3, -0.25) is 4.79 Å². The van der Waals surface area contributed by atoms with Crippen LogP contribution in [0.25, 0.3) is 0 Å². The Kier molecular flexibility index (Phi) is 8.79. The number of esters is 2. The molecule has 0 radical (unpaired) electrons. The van der Waals surface area contributed by atoms with Gasteiger partial charge in [-0.25, -0.2) is 9.59 Å². The van der Waals surface area contributed by atoms with Crippen LogP contribution in [0.4, 0.5) is 0 Å². The second kappa shape index (κ2) is 10.4. The molecule has 6 nitrogen and oxygen atoms in total. The maximum atomic E-state index is 12.7. The van der Waals surface area contributed by atoms with Crippen molar-refractivity contribution in [2.24, 2.45) is 0 Å². The zero-order valence-electron chi connectivity index (χ0n) is 19.4. The van der Waals surface area contributed by atoms with Gasteiger partial charge >= 0.3 is 11.9 Å². The Bertz CT molecular complexity index is 817. The summed E-state index contributed by atoms with van der Waals surface area (Å²) in [6.07, 6.45) is 1.13. The maximum absolute atomic E-state index is 12.7. The largest absolute Gasteiger partial charge is 0.507 e. The van der Waals surface area contributed by atoms with Gasteiger partial charge in [-0.05, 0) is 33.9 Å². The first kappa shape index (κ1) is 26.1. The number of phenols is 1. The molecule has 0 aliphatic rings. The molecule has 6 heteroatoms. The van der Waals surface area contributed by atoms with Crippen LogP contribution >= 0.6 is 0 Å². The van der Waals surface area contributed by atoms with E-state index in [-0.39, 0.29) is 35.4 Å². The highest BCUT2D eigenvalue weighted by Gasteiger charge is 2.28. The zero-order valence-corrected chi connectivity index (χ0v) is 19.4. The van der Waals surface area contributed by atoms with Crippen molar-refractivity contribution >= 4 is 17.7 Å². The third-order valence-corrected chi connectivity index (χ3v) is 4.77. The Hall–Kier alpha value is -2.89. The highest BCUT2D eigenvalue weighted by molar-refractivity contribution is 5.89. The number of hydrogen-bond acceptors (Lipinski definition) is 6. The zero-order chi connectivity index (χ0) is 24.0. The van der Waals surface area contributed by atoms with Gasteiger partial charge in [0, 0.05) is 18.6 Å². The van der Waals surface area contributed by atoms with Crippen LogP contribution in [-0.4, -0.2) is 35.5 Å². The predicted molar refractivity (Wildman–Crippen MR) is 120 cm³/mol. The molecule has 0 heterocycles. The number of carbonyl (C=O) groups is 3. The molecular formula is C25H34O6. The van der Waals surface area contributed by atoms with E-state index in [1.807, 2.05) is 53.7 Å². The smallest absolute Gasteiger partial charge is 0.330 e. The number of Topliss-reactive ketones (excluding diaryl/α,β-unsaturated/α-hetero) is 1. The van der Waals surface area contributed by atoms with E-state index >= 15 is 0 Å². The molecule has 1 N–H and O–H groups in total. The van der Waals surface area contributed by atoms with Crippen molar-refractivity contribution in [3.05, 3.63) is 54.1 Å². The summed E-state index contributed by atoms with van der Waals surface area (Å²) >= 11 is 0. The molecule has 0 fully saturated rings. The molecule has 0 aliphatic carbocycles. The highest BCUT2D eigenvalue weighted by atomic mass is 16.6. The number of ketones is 1. The molecule has 1 atom stereocenters. The molecule has 0 saturated carbocycles. The summed E-state index contributed by atoms with van der Waals surface area (Å²) in [5.41, 5.74) is 1.92. The van der Waals surface area contributed by atoms with Gasteiger partial charge in [0.2, 0.25) is 0 Å². The van der Waals surface area contributed by atoms with Gasteiger partial charge in [-0.15, -0.1) is 0 Å².